The van der Waals surface area contributed by atoms with Crippen LogP contribution >= 0.6 is 11.8 Å². The van der Waals surface area contributed by atoms with Gasteiger partial charge in [0.05, 0.1) is 34.2 Å². The number of hydrogen-bond donors (Lipinski definition) is 0. The minimum Gasteiger partial charge on any atom is -0.335 e. The maximum atomic E-state index is 4.90. The molecule has 0 saturated carbocycles. The van der Waals surface area contributed by atoms with Gasteiger partial charge in [-0.25, -0.2) is 4.98 Å². The number of anilines is 2. The van der Waals surface area contributed by atoms with Crippen molar-refractivity contribution in [1.29, 1.82) is 0 Å². The molecule has 0 aliphatic carbocycles. The summed E-state index contributed by atoms with van der Waals surface area (Å²) in [5.41, 5.74) is 9.31. The lowest BCUT2D eigenvalue weighted by Gasteiger charge is -2.32. The van der Waals surface area contributed by atoms with Gasteiger partial charge in [0.15, 0.2) is 0 Å². The molecule has 3 aromatic heterocycles. The molecule has 4 nitrogen and oxygen atoms in total. The highest BCUT2D eigenvalue weighted by atomic mass is 32.2. The van der Waals surface area contributed by atoms with E-state index in [1.165, 1.54) is 26.7 Å². The van der Waals surface area contributed by atoms with Crippen LogP contribution in [0.25, 0.3) is 33.9 Å². The van der Waals surface area contributed by atoms with Crippen molar-refractivity contribution in [1.82, 2.24) is 15.0 Å². The molecule has 0 fully saturated rings. The van der Waals surface area contributed by atoms with Crippen LogP contribution in [0, 0.1) is 0 Å². The Labute approximate surface area is 232 Å². The Kier molecular flexibility index (Phi) is 6.11. The monoisotopic (exact) mass is 520 g/mol. The van der Waals surface area contributed by atoms with Crippen LogP contribution in [-0.2, 0) is 6.54 Å². The van der Waals surface area contributed by atoms with Gasteiger partial charge in [-0.3, -0.25) is 9.97 Å². The second-order valence-electron chi connectivity index (χ2n) is 9.38. The maximum Gasteiger partial charge on any atom is 0.0900 e. The van der Waals surface area contributed by atoms with Crippen molar-refractivity contribution in [3.63, 3.8) is 0 Å². The third-order valence-electron chi connectivity index (χ3n) is 6.84. The highest BCUT2D eigenvalue weighted by molar-refractivity contribution is 7.99. The van der Waals surface area contributed by atoms with Crippen molar-refractivity contribution in [2.45, 2.75) is 16.3 Å². The molecule has 7 rings (SSSR count). The largest absolute Gasteiger partial charge is 0.335 e. The van der Waals surface area contributed by atoms with Crippen LogP contribution in [0.4, 0.5) is 11.4 Å². The fraction of sp³-hybridized carbons (Fsp3) is 0.0294. The standard InChI is InChI=1S/C34H24N4S/c1-3-13-33-31(11-1)38(32-12-2-4-14-34(32)39-33)23-24-15-17-25(18-16-24)26-21-29(27-9-5-7-19-35-27)37-30(22-26)28-10-6-8-20-36-28/h1-22H,23H2. The average Bonchev–Trinajstić information content (AvgIpc) is 3.02. The number of fused-ring (bicyclic) bond motifs is 2. The first-order valence-corrected chi connectivity index (χ1v) is 13.7. The van der Waals surface area contributed by atoms with Gasteiger partial charge in [-0.05, 0) is 77.4 Å². The molecular formula is C34H24N4S. The molecule has 3 aromatic carbocycles. The van der Waals surface area contributed by atoms with Crippen LogP contribution in [0.15, 0.2) is 144 Å². The Morgan fingerprint density at radius 1 is 0.513 bits per heavy atom. The predicted octanol–water partition coefficient (Wildman–Crippen LogP) is 8.68. The summed E-state index contributed by atoms with van der Waals surface area (Å²) in [7, 11) is 0. The Bertz CT molecular complexity index is 1650. The van der Waals surface area contributed by atoms with E-state index in [-0.39, 0.29) is 0 Å². The fourth-order valence-electron chi connectivity index (χ4n) is 4.92. The fourth-order valence-corrected chi connectivity index (χ4v) is 6.02. The molecule has 5 heteroatoms. The van der Waals surface area contributed by atoms with E-state index in [0.717, 1.165) is 40.4 Å². The van der Waals surface area contributed by atoms with Crippen molar-refractivity contribution < 1.29 is 0 Å². The molecular weight excluding hydrogens is 496 g/mol. The number of hydrogen-bond acceptors (Lipinski definition) is 5. The zero-order valence-corrected chi connectivity index (χ0v) is 21.9. The Morgan fingerprint density at radius 2 is 1.05 bits per heavy atom. The highest BCUT2D eigenvalue weighted by Crippen LogP contribution is 2.48. The van der Waals surface area contributed by atoms with Gasteiger partial charge in [0.1, 0.15) is 0 Å². The number of benzene rings is 3. The molecule has 1 aliphatic heterocycles. The molecule has 0 saturated heterocycles. The van der Waals surface area contributed by atoms with E-state index in [4.69, 9.17) is 4.98 Å². The summed E-state index contributed by atoms with van der Waals surface area (Å²) < 4.78 is 0. The first-order chi connectivity index (χ1) is 19.3. The Morgan fingerprint density at radius 3 is 1.59 bits per heavy atom. The van der Waals surface area contributed by atoms with E-state index >= 15 is 0 Å². The number of nitrogens with zero attached hydrogens (tertiary/aromatic N) is 4. The third kappa shape index (κ3) is 4.69. The SMILES string of the molecule is c1ccc(-c2cc(-c3ccc(CN4c5ccccc5Sc5ccccc54)cc3)cc(-c3ccccn3)n2)nc1. The summed E-state index contributed by atoms with van der Waals surface area (Å²) in [6.07, 6.45) is 3.60. The number of rotatable bonds is 5. The minimum atomic E-state index is 0.795. The van der Waals surface area contributed by atoms with Gasteiger partial charge < -0.3 is 4.90 Å². The lowest BCUT2D eigenvalue weighted by molar-refractivity contribution is 0.938. The second-order valence-corrected chi connectivity index (χ2v) is 10.5. The molecule has 0 bridgehead atoms. The third-order valence-corrected chi connectivity index (χ3v) is 7.97. The van der Waals surface area contributed by atoms with Gasteiger partial charge in [0, 0.05) is 28.7 Å². The molecule has 39 heavy (non-hydrogen) atoms. The topological polar surface area (TPSA) is 41.9 Å². The molecule has 0 radical (unpaired) electrons. The van der Waals surface area contributed by atoms with Gasteiger partial charge in [-0.1, -0.05) is 72.4 Å². The average molecular weight is 521 g/mol. The van der Waals surface area contributed by atoms with Crippen molar-refractivity contribution in [2.24, 2.45) is 0 Å². The van der Waals surface area contributed by atoms with Gasteiger partial charge in [0.25, 0.3) is 0 Å². The summed E-state index contributed by atoms with van der Waals surface area (Å²) in [6, 6.07) is 42.1. The van der Waals surface area contributed by atoms with Crippen molar-refractivity contribution in [3.8, 4) is 33.9 Å². The zero-order chi connectivity index (χ0) is 26.0. The van der Waals surface area contributed by atoms with Crippen LogP contribution < -0.4 is 4.90 Å². The maximum absolute atomic E-state index is 4.90. The van der Waals surface area contributed by atoms with E-state index in [2.05, 4.69) is 99.8 Å². The van der Waals surface area contributed by atoms with E-state index in [1.807, 2.05) is 48.2 Å². The van der Waals surface area contributed by atoms with Gasteiger partial charge in [-0.2, -0.15) is 0 Å². The van der Waals surface area contributed by atoms with Gasteiger partial charge >= 0.3 is 0 Å². The van der Waals surface area contributed by atoms with E-state index in [0.29, 0.717) is 0 Å². The van der Waals surface area contributed by atoms with Gasteiger partial charge in [-0.15, -0.1) is 0 Å². The van der Waals surface area contributed by atoms with Crippen molar-refractivity contribution in [3.05, 3.63) is 139 Å². The summed E-state index contributed by atoms with van der Waals surface area (Å²) in [5, 5.41) is 0. The molecule has 4 heterocycles. The number of pyridine rings is 3. The lowest BCUT2D eigenvalue weighted by atomic mass is 10.0. The predicted molar refractivity (Wildman–Crippen MR) is 159 cm³/mol. The second kappa shape index (κ2) is 10.2. The van der Waals surface area contributed by atoms with Crippen molar-refractivity contribution in [2.75, 3.05) is 4.90 Å². The molecule has 186 valence electrons. The quantitative estimate of drug-likeness (QED) is 0.227. The lowest BCUT2D eigenvalue weighted by Crippen LogP contribution is -2.20. The summed E-state index contributed by atoms with van der Waals surface area (Å²) >= 11 is 1.84. The van der Waals surface area contributed by atoms with Crippen LogP contribution in [0.2, 0.25) is 0 Å². The normalized spacial score (nSPS) is 12.1. The molecule has 0 N–H and O–H groups in total. The minimum absolute atomic E-state index is 0.795. The number of para-hydroxylation sites is 2. The van der Waals surface area contributed by atoms with Gasteiger partial charge in [0.2, 0.25) is 0 Å². The van der Waals surface area contributed by atoms with Crippen LogP contribution in [0.3, 0.4) is 0 Å². The van der Waals surface area contributed by atoms with E-state index < -0.39 is 0 Å². The Balaban J connectivity index is 1.24. The molecule has 0 atom stereocenters. The Hall–Kier alpha value is -4.74. The summed E-state index contributed by atoms with van der Waals surface area (Å²) in [6.45, 7) is 0.795. The van der Waals surface area contributed by atoms with E-state index in [1.54, 1.807) is 12.4 Å². The van der Waals surface area contributed by atoms with Crippen LogP contribution in [0.1, 0.15) is 5.56 Å². The molecule has 6 aromatic rings. The zero-order valence-electron chi connectivity index (χ0n) is 21.1. The van der Waals surface area contributed by atoms with Crippen LogP contribution in [-0.4, -0.2) is 15.0 Å². The smallest absolute Gasteiger partial charge is 0.0900 e. The molecule has 1 aliphatic rings. The first-order valence-electron chi connectivity index (χ1n) is 12.9. The molecule has 0 unspecified atom stereocenters. The highest BCUT2D eigenvalue weighted by Gasteiger charge is 2.23. The number of aromatic nitrogens is 3. The van der Waals surface area contributed by atoms with Crippen molar-refractivity contribution >= 4 is 23.1 Å². The van der Waals surface area contributed by atoms with Crippen LogP contribution in [0.5, 0.6) is 0 Å². The van der Waals surface area contributed by atoms with E-state index in [9.17, 15) is 0 Å². The summed E-state index contributed by atoms with van der Waals surface area (Å²) in [5.74, 6) is 0. The molecule has 0 spiro atoms. The summed E-state index contributed by atoms with van der Waals surface area (Å²) in [4.78, 5) is 19.0. The molecule has 0 amide bonds. The first kappa shape index (κ1) is 23.4.